The van der Waals surface area contributed by atoms with Crippen LogP contribution in [0.3, 0.4) is 0 Å². The van der Waals surface area contributed by atoms with Gasteiger partial charge in [0, 0.05) is 38.5 Å². The molecule has 5 nitrogen and oxygen atoms in total. The Labute approximate surface area is 151 Å². The summed E-state index contributed by atoms with van der Waals surface area (Å²) in [5.41, 5.74) is -0.0868. The third kappa shape index (κ3) is 3.88. The molecule has 1 aliphatic carbocycles. The van der Waals surface area contributed by atoms with Crippen molar-refractivity contribution in [2.45, 2.75) is 70.4 Å². The van der Waals surface area contributed by atoms with Crippen LogP contribution in [0.4, 0.5) is 0 Å². The van der Waals surface area contributed by atoms with Crippen molar-refractivity contribution in [3.05, 3.63) is 0 Å². The van der Waals surface area contributed by atoms with Gasteiger partial charge in [-0.2, -0.15) is 0 Å². The molecule has 24 heavy (non-hydrogen) atoms. The van der Waals surface area contributed by atoms with Gasteiger partial charge in [0.25, 0.3) is 0 Å². The van der Waals surface area contributed by atoms with Crippen LogP contribution in [0.2, 0.25) is 0 Å². The summed E-state index contributed by atoms with van der Waals surface area (Å²) in [6, 6.07) is 0.430. The molecule has 1 saturated carbocycles. The summed E-state index contributed by atoms with van der Waals surface area (Å²) in [6.07, 6.45) is 7.61. The average Bonchev–Trinajstić information content (AvgIpc) is 2.54. The van der Waals surface area contributed by atoms with Crippen LogP contribution in [0.5, 0.6) is 0 Å². The third-order valence-corrected chi connectivity index (χ3v) is 6.10. The van der Waals surface area contributed by atoms with Gasteiger partial charge in [-0.3, -0.25) is 9.59 Å². The van der Waals surface area contributed by atoms with Crippen molar-refractivity contribution < 1.29 is 9.59 Å². The van der Waals surface area contributed by atoms with E-state index in [1.54, 1.807) is 6.92 Å². The molecule has 2 saturated heterocycles. The summed E-state index contributed by atoms with van der Waals surface area (Å²) in [5.74, 6) is 0.664. The summed E-state index contributed by atoms with van der Waals surface area (Å²) < 4.78 is 0. The number of nitrogens with zero attached hydrogens (tertiary/aromatic N) is 2. The van der Waals surface area contributed by atoms with Crippen LogP contribution in [0.1, 0.15) is 58.8 Å². The van der Waals surface area contributed by atoms with Gasteiger partial charge in [-0.05, 0) is 39.2 Å². The van der Waals surface area contributed by atoms with Crippen LogP contribution in [0.15, 0.2) is 0 Å². The Bertz CT molecular complexity index is 465. The van der Waals surface area contributed by atoms with E-state index in [1.807, 2.05) is 0 Å². The van der Waals surface area contributed by atoms with Crippen molar-refractivity contribution in [1.82, 2.24) is 15.1 Å². The fourth-order valence-corrected chi connectivity index (χ4v) is 4.91. The first-order valence-corrected chi connectivity index (χ1v) is 9.32. The molecule has 2 atom stereocenters. The summed E-state index contributed by atoms with van der Waals surface area (Å²) in [6.45, 7) is 6.96. The molecule has 138 valence electrons. The first-order chi connectivity index (χ1) is 11.0. The number of carbonyl (C=O) groups is 2. The summed E-state index contributed by atoms with van der Waals surface area (Å²) in [5, 5.41) is 3.42. The number of halogens is 1. The van der Waals surface area contributed by atoms with Crippen molar-refractivity contribution in [3.63, 3.8) is 0 Å². The van der Waals surface area contributed by atoms with Gasteiger partial charge in [0.1, 0.15) is 0 Å². The van der Waals surface area contributed by atoms with E-state index in [-0.39, 0.29) is 29.8 Å². The minimum atomic E-state index is -0.0868. The van der Waals surface area contributed by atoms with E-state index in [4.69, 9.17) is 0 Å². The molecule has 1 N–H and O–H groups in total. The van der Waals surface area contributed by atoms with Crippen LogP contribution in [-0.2, 0) is 9.59 Å². The maximum Gasteiger partial charge on any atom is 0.225 e. The Morgan fingerprint density at radius 1 is 1.12 bits per heavy atom. The molecule has 1 spiro atoms. The van der Waals surface area contributed by atoms with Crippen molar-refractivity contribution in [2.24, 2.45) is 5.92 Å². The molecule has 0 aromatic heterocycles. The normalized spacial score (nSPS) is 29.9. The van der Waals surface area contributed by atoms with E-state index in [0.29, 0.717) is 25.0 Å². The molecule has 0 radical (unpaired) electrons. The number of hydrogen-bond donors (Lipinski definition) is 1. The quantitative estimate of drug-likeness (QED) is 0.782. The average molecular weight is 358 g/mol. The largest absolute Gasteiger partial charge is 0.338 e. The second-order valence-electron chi connectivity index (χ2n) is 7.79. The standard InChI is InChI=1S/C18H31N3O2.ClH/c1-14-12-16(6-9-19-14)17(23)20-10-11-21(15(2)22)18(13-20)7-4-3-5-8-18;/h14,16,19H,3-13H2,1-2H3;1H/t14-,16-;/m0./s1. The highest BCUT2D eigenvalue weighted by molar-refractivity contribution is 5.85. The third-order valence-electron chi connectivity index (χ3n) is 6.10. The van der Waals surface area contributed by atoms with Gasteiger partial charge in [-0.25, -0.2) is 0 Å². The van der Waals surface area contributed by atoms with Gasteiger partial charge >= 0.3 is 0 Å². The number of piperidine rings is 1. The zero-order valence-electron chi connectivity index (χ0n) is 15.1. The van der Waals surface area contributed by atoms with Crippen LogP contribution >= 0.6 is 12.4 Å². The lowest BCUT2D eigenvalue weighted by Gasteiger charge is -2.53. The Morgan fingerprint density at radius 2 is 1.83 bits per heavy atom. The van der Waals surface area contributed by atoms with Gasteiger partial charge in [0.05, 0.1) is 5.54 Å². The molecular weight excluding hydrogens is 326 g/mol. The predicted molar refractivity (Wildman–Crippen MR) is 97.2 cm³/mol. The van der Waals surface area contributed by atoms with Crippen LogP contribution in [0.25, 0.3) is 0 Å². The number of nitrogens with one attached hydrogen (secondary N) is 1. The van der Waals surface area contributed by atoms with Crippen molar-refractivity contribution in [1.29, 1.82) is 0 Å². The number of carbonyl (C=O) groups excluding carboxylic acids is 2. The molecule has 3 fully saturated rings. The van der Waals surface area contributed by atoms with E-state index in [0.717, 1.165) is 38.8 Å². The highest BCUT2D eigenvalue weighted by Gasteiger charge is 2.45. The maximum absolute atomic E-state index is 13.0. The number of piperazine rings is 1. The van der Waals surface area contributed by atoms with Gasteiger partial charge < -0.3 is 15.1 Å². The summed E-state index contributed by atoms with van der Waals surface area (Å²) in [7, 11) is 0. The van der Waals surface area contributed by atoms with Crippen LogP contribution < -0.4 is 5.32 Å². The first kappa shape index (κ1) is 19.5. The molecule has 0 unspecified atom stereocenters. The van der Waals surface area contributed by atoms with Crippen LogP contribution in [-0.4, -0.2) is 59.4 Å². The Morgan fingerprint density at radius 3 is 2.46 bits per heavy atom. The second-order valence-corrected chi connectivity index (χ2v) is 7.79. The molecule has 0 bridgehead atoms. The molecule has 2 aliphatic heterocycles. The fraction of sp³-hybridized carbons (Fsp3) is 0.889. The lowest BCUT2D eigenvalue weighted by Crippen LogP contribution is -2.65. The second kappa shape index (κ2) is 8.05. The molecular formula is C18H32ClN3O2. The van der Waals surface area contributed by atoms with Gasteiger partial charge in [-0.15, -0.1) is 12.4 Å². The number of amides is 2. The maximum atomic E-state index is 13.0. The summed E-state index contributed by atoms with van der Waals surface area (Å²) >= 11 is 0. The zero-order chi connectivity index (χ0) is 16.4. The Balaban J connectivity index is 0.00000208. The van der Waals surface area contributed by atoms with Gasteiger partial charge in [-0.1, -0.05) is 19.3 Å². The molecule has 6 heteroatoms. The molecule has 0 aromatic carbocycles. The molecule has 0 aromatic rings. The van der Waals surface area contributed by atoms with E-state index >= 15 is 0 Å². The predicted octanol–water partition coefficient (Wildman–Crippen LogP) is 2.19. The van der Waals surface area contributed by atoms with E-state index in [9.17, 15) is 9.59 Å². The van der Waals surface area contributed by atoms with Crippen molar-refractivity contribution >= 4 is 24.2 Å². The number of hydrogen-bond acceptors (Lipinski definition) is 3. The highest BCUT2D eigenvalue weighted by Crippen LogP contribution is 2.37. The molecule has 3 rings (SSSR count). The van der Waals surface area contributed by atoms with Gasteiger partial charge in [0.15, 0.2) is 0 Å². The topological polar surface area (TPSA) is 52.7 Å². The lowest BCUT2D eigenvalue weighted by molar-refractivity contribution is -0.153. The first-order valence-electron chi connectivity index (χ1n) is 9.32. The summed E-state index contributed by atoms with van der Waals surface area (Å²) in [4.78, 5) is 29.3. The van der Waals surface area contributed by atoms with E-state index < -0.39 is 0 Å². The lowest BCUT2D eigenvalue weighted by atomic mass is 9.78. The molecule has 2 heterocycles. The fourth-order valence-electron chi connectivity index (χ4n) is 4.91. The van der Waals surface area contributed by atoms with E-state index in [2.05, 4.69) is 22.0 Å². The zero-order valence-corrected chi connectivity index (χ0v) is 15.9. The Kier molecular flexibility index (Phi) is 6.54. The monoisotopic (exact) mass is 357 g/mol. The minimum absolute atomic E-state index is 0. The molecule has 2 amide bonds. The van der Waals surface area contributed by atoms with Crippen molar-refractivity contribution in [2.75, 3.05) is 26.2 Å². The minimum Gasteiger partial charge on any atom is -0.338 e. The smallest absolute Gasteiger partial charge is 0.225 e. The highest BCUT2D eigenvalue weighted by atomic mass is 35.5. The van der Waals surface area contributed by atoms with E-state index in [1.165, 1.54) is 19.3 Å². The Hall–Kier alpha value is -0.810. The molecule has 3 aliphatic rings. The van der Waals surface area contributed by atoms with Crippen LogP contribution in [0, 0.1) is 5.92 Å². The SMILES string of the molecule is CC(=O)N1CCN(C(=O)[C@H]2CCN[C@@H](C)C2)CC12CCCCC2.Cl. The number of rotatable bonds is 1. The van der Waals surface area contributed by atoms with Gasteiger partial charge in [0.2, 0.25) is 11.8 Å². The van der Waals surface area contributed by atoms with Crippen molar-refractivity contribution in [3.8, 4) is 0 Å².